The highest BCUT2D eigenvalue weighted by Crippen LogP contribution is 2.22. The topological polar surface area (TPSA) is 28.2 Å². The predicted octanol–water partition coefficient (Wildman–Crippen LogP) is 3.30. The summed E-state index contributed by atoms with van der Waals surface area (Å²) >= 11 is 3.56. The number of likely N-dealkylation sites (N-methyl/N-ethyl adjacent to an activating group) is 1. The molecule has 0 aliphatic carbocycles. The Kier molecular flexibility index (Phi) is 6.52. The van der Waals surface area contributed by atoms with Crippen molar-refractivity contribution in [2.45, 2.75) is 27.2 Å². The van der Waals surface area contributed by atoms with E-state index < -0.39 is 0 Å². The maximum absolute atomic E-state index is 4.33. The lowest BCUT2D eigenvalue weighted by Gasteiger charge is -2.20. The summed E-state index contributed by atoms with van der Waals surface area (Å²) in [5.41, 5.74) is 1.21. The van der Waals surface area contributed by atoms with E-state index in [1.807, 2.05) is 12.3 Å². The molecule has 0 bridgehead atoms. The lowest BCUT2D eigenvalue weighted by atomic mass is 10.3. The molecule has 0 fully saturated rings. The molecule has 0 unspecified atom stereocenters. The average molecular weight is 300 g/mol. The lowest BCUT2D eigenvalue weighted by molar-refractivity contribution is 0.300. The Morgan fingerprint density at radius 1 is 1.35 bits per heavy atom. The molecule has 3 nitrogen and oxygen atoms in total. The third kappa shape index (κ3) is 4.64. The van der Waals surface area contributed by atoms with Gasteiger partial charge in [0.25, 0.3) is 0 Å². The normalized spacial score (nSPS) is 10.9. The number of hydrogen-bond donors (Lipinski definition) is 1. The third-order valence-electron chi connectivity index (χ3n) is 2.79. The van der Waals surface area contributed by atoms with Crippen LogP contribution < -0.4 is 5.32 Å². The quantitative estimate of drug-likeness (QED) is 0.837. The molecule has 1 N–H and O–H groups in total. The van der Waals surface area contributed by atoms with Crippen LogP contribution in [0, 0.1) is 6.92 Å². The Morgan fingerprint density at radius 2 is 2.12 bits per heavy atom. The molecule has 0 radical (unpaired) electrons. The number of aromatic nitrogens is 1. The zero-order chi connectivity index (χ0) is 12.7. The lowest BCUT2D eigenvalue weighted by Crippen LogP contribution is -2.29. The van der Waals surface area contributed by atoms with Gasteiger partial charge < -0.3 is 10.2 Å². The van der Waals surface area contributed by atoms with Crippen molar-refractivity contribution >= 4 is 21.7 Å². The molecule has 0 saturated carbocycles. The van der Waals surface area contributed by atoms with E-state index in [1.54, 1.807) is 0 Å². The minimum absolute atomic E-state index is 0.933. The van der Waals surface area contributed by atoms with Crippen LogP contribution in [0.1, 0.15) is 25.8 Å². The van der Waals surface area contributed by atoms with Gasteiger partial charge in [0.05, 0.1) is 4.47 Å². The van der Waals surface area contributed by atoms with E-state index in [-0.39, 0.29) is 0 Å². The van der Waals surface area contributed by atoms with E-state index >= 15 is 0 Å². The SMILES string of the molecule is CCCN(CC)CCNc1nccc(C)c1Br. The van der Waals surface area contributed by atoms with Crippen LogP contribution in [0.15, 0.2) is 16.7 Å². The van der Waals surface area contributed by atoms with E-state index in [1.165, 1.54) is 18.5 Å². The third-order valence-corrected chi connectivity index (χ3v) is 3.79. The molecule has 0 aromatic carbocycles. The van der Waals surface area contributed by atoms with Crippen molar-refractivity contribution in [1.29, 1.82) is 0 Å². The molecule has 0 saturated heterocycles. The number of hydrogen-bond acceptors (Lipinski definition) is 3. The van der Waals surface area contributed by atoms with Crippen LogP contribution in [0.25, 0.3) is 0 Å². The van der Waals surface area contributed by atoms with Crippen LogP contribution in [-0.4, -0.2) is 36.1 Å². The molecular formula is C13H22BrN3. The monoisotopic (exact) mass is 299 g/mol. The van der Waals surface area contributed by atoms with Gasteiger partial charge in [-0.25, -0.2) is 4.98 Å². The fourth-order valence-corrected chi connectivity index (χ4v) is 2.11. The molecule has 0 spiro atoms. The summed E-state index contributed by atoms with van der Waals surface area (Å²) in [6.07, 6.45) is 3.05. The van der Waals surface area contributed by atoms with Crippen LogP contribution in [0.5, 0.6) is 0 Å². The number of nitrogens with zero attached hydrogens (tertiary/aromatic N) is 2. The van der Waals surface area contributed by atoms with Crippen molar-refractivity contribution < 1.29 is 0 Å². The van der Waals surface area contributed by atoms with Gasteiger partial charge in [-0.15, -0.1) is 0 Å². The molecule has 4 heteroatoms. The van der Waals surface area contributed by atoms with E-state index in [9.17, 15) is 0 Å². The first-order chi connectivity index (χ1) is 8.19. The number of anilines is 1. The first-order valence-electron chi connectivity index (χ1n) is 6.26. The van der Waals surface area contributed by atoms with Gasteiger partial charge in [-0.1, -0.05) is 13.8 Å². The maximum Gasteiger partial charge on any atom is 0.140 e. The van der Waals surface area contributed by atoms with Crippen LogP contribution in [0.2, 0.25) is 0 Å². The van der Waals surface area contributed by atoms with Crippen LogP contribution in [0.3, 0.4) is 0 Å². The van der Waals surface area contributed by atoms with Gasteiger partial charge in [-0.05, 0) is 54.0 Å². The van der Waals surface area contributed by atoms with Crippen LogP contribution in [0.4, 0.5) is 5.82 Å². The molecule has 96 valence electrons. The number of pyridine rings is 1. The molecule has 1 aromatic heterocycles. The van der Waals surface area contributed by atoms with E-state index in [0.717, 1.165) is 29.9 Å². The molecule has 0 amide bonds. The Hall–Kier alpha value is -0.610. The summed E-state index contributed by atoms with van der Waals surface area (Å²) < 4.78 is 1.07. The summed E-state index contributed by atoms with van der Waals surface area (Å²) in [5.74, 6) is 0.942. The molecule has 1 heterocycles. The average Bonchev–Trinajstić information content (AvgIpc) is 2.33. The van der Waals surface area contributed by atoms with Crippen molar-refractivity contribution in [3.8, 4) is 0 Å². The Labute approximate surface area is 113 Å². The molecule has 0 atom stereocenters. The molecule has 17 heavy (non-hydrogen) atoms. The fraction of sp³-hybridized carbons (Fsp3) is 0.615. The minimum Gasteiger partial charge on any atom is -0.368 e. The first kappa shape index (κ1) is 14.5. The second-order valence-corrected chi connectivity index (χ2v) is 4.94. The van der Waals surface area contributed by atoms with E-state index in [4.69, 9.17) is 0 Å². The van der Waals surface area contributed by atoms with Gasteiger partial charge in [0, 0.05) is 19.3 Å². The summed E-state index contributed by atoms with van der Waals surface area (Å²) in [6.45, 7) is 10.8. The van der Waals surface area contributed by atoms with Crippen molar-refractivity contribution in [3.63, 3.8) is 0 Å². The van der Waals surface area contributed by atoms with Gasteiger partial charge in [-0.2, -0.15) is 0 Å². The number of aryl methyl sites for hydroxylation is 1. The largest absolute Gasteiger partial charge is 0.368 e. The Balaban J connectivity index is 2.42. The maximum atomic E-state index is 4.33. The minimum atomic E-state index is 0.933. The highest BCUT2D eigenvalue weighted by atomic mass is 79.9. The molecule has 0 aliphatic rings. The zero-order valence-electron chi connectivity index (χ0n) is 11.0. The Morgan fingerprint density at radius 3 is 2.76 bits per heavy atom. The molecule has 1 aromatic rings. The van der Waals surface area contributed by atoms with Gasteiger partial charge in [0.15, 0.2) is 0 Å². The molecule has 1 rings (SSSR count). The van der Waals surface area contributed by atoms with Gasteiger partial charge in [0.1, 0.15) is 5.82 Å². The predicted molar refractivity (Wildman–Crippen MR) is 77.6 cm³/mol. The van der Waals surface area contributed by atoms with Crippen molar-refractivity contribution in [2.75, 3.05) is 31.5 Å². The van der Waals surface area contributed by atoms with Crippen molar-refractivity contribution in [3.05, 3.63) is 22.3 Å². The second kappa shape index (κ2) is 7.67. The highest BCUT2D eigenvalue weighted by molar-refractivity contribution is 9.10. The summed E-state index contributed by atoms with van der Waals surface area (Å²) in [4.78, 5) is 6.77. The van der Waals surface area contributed by atoms with Crippen molar-refractivity contribution in [2.24, 2.45) is 0 Å². The zero-order valence-corrected chi connectivity index (χ0v) is 12.5. The summed E-state index contributed by atoms with van der Waals surface area (Å²) in [7, 11) is 0. The standard InChI is InChI=1S/C13H22BrN3/c1-4-9-17(5-2)10-8-16-13-12(14)11(3)6-7-15-13/h6-7H,4-5,8-10H2,1-3H3,(H,15,16). The van der Waals surface area contributed by atoms with Gasteiger partial charge in [-0.3, -0.25) is 0 Å². The smallest absolute Gasteiger partial charge is 0.140 e. The Bertz CT molecular complexity index is 341. The second-order valence-electron chi connectivity index (χ2n) is 4.15. The summed E-state index contributed by atoms with van der Waals surface area (Å²) in [5, 5.41) is 3.38. The van der Waals surface area contributed by atoms with E-state index in [0.29, 0.717) is 0 Å². The first-order valence-corrected chi connectivity index (χ1v) is 7.05. The number of halogens is 1. The van der Waals surface area contributed by atoms with Gasteiger partial charge >= 0.3 is 0 Å². The van der Waals surface area contributed by atoms with Crippen molar-refractivity contribution in [1.82, 2.24) is 9.88 Å². The van der Waals surface area contributed by atoms with Crippen LogP contribution >= 0.6 is 15.9 Å². The molecular weight excluding hydrogens is 278 g/mol. The fourth-order valence-electron chi connectivity index (χ4n) is 1.74. The number of rotatable bonds is 7. The summed E-state index contributed by atoms with van der Waals surface area (Å²) in [6, 6.07) is 2.00. The van der Waals surface area contributed by atoms with E-state index in [2.05, 4.69) is 51.9 Å². The molecule has 0 aliphatic heterocycles. The van der Waals surface area contributed by atoms with Gasteiger partial charge in [0.2, 0.25) is 0 Å². The van der Waals surface area contributed by atoms with Crippen LogP contribution in [-0.2, 0) is 0 Å². The number of nitrogens with one attached hydrogen (secondary N) is 1. The highest BCUT2D eigenvalue weighted by Gasteiger charge is 2.04.